The van der Waals surface area contributed by atoms with Crippen LogP contribution in [0.15, 0.2) is 70.3 Å². The van der Waals surface area contributed by atoms with E-state index in [9.17, 15) is 9.59 Å². The minimum Gasteiger partial charge on any atom is -0.493 e. The van der Waals surface area contributed by atoms with Crippen LogP contribution in [0.5, 0.6) is 11.5 Å². The number of hydrogen-bond donors (Lipinski definition) is 0. The van der Waals surface area contributed by atoms with Crippen LogP contribution in [0.4, 0.5) is 0 Å². The fourth-order valence-electron chi connectivity index (χ4n) is 3.49. The monoisotopic (exact) mass is 456 g/mol. The molecule has 6 nitrogen and oxygen atoms in total. The Morgan fingerprint density at radius 3 is 2.26 bits per heavy atom. The SMILES string of the molecule is COc1cc2c(=O)n(-c3cccc(Cl)c3)c(=O)n(Cc3ccccc3Cl)c2cc1OC. The molecule has 0 aliphatic rings. The Hall–Kier alpha value is -3.22. The molecule has 0 bridgehead atoms. The Balaban J connectivity index is 2.11. The lowest BCUT2D eigenvalue weighted by molar-refractivity contribution is 0.355. The van der Waals surface area contributed by atoms with Gasteiger partial charge in [0.1, 0.15) is 0 Å². The summed E-state index contributed by atoms with van der Waals surface area (Å²) in [7, 11) is 2.98. The van der Waals surface area contributed by atoms with Crippen LogP contribution >= 0.6 is 23.2 Å². The van der Waals surface area contributed by atoms with Crippen molar-refractivity contribution < 1.29 is 9.47 Å². The fourth-order valence-corrected chi connectivity index (χ4v) is 3.87. The number of benzene rings is 3. The lowest BCUT2D eigenvalue weighted by Gasteiger charge is -2.17. The Morgan fingerprint density at radius 1 is 0.871 bits per heavy atom. The summed E-state index contributed by atoms with van der Waals surface area (Å²) in [6.45, 7) is 0.158. The first-order chi connectivity index (χ1) is 14.9. The predicted octanol–water partition coefficient (Wildman–Crippen LogP) is 4.52. The van der Waals surface area contributed by atoms with Crippen LogP contribution < -0.4 is 20.7 Å². The van der Waals surface area contributed by atoms with Crippen molar-refractivity contribution in [1.29, 1.82) is 0 Å². The highest BCUT2D eigenvalue weighted by Crippen LogP contribution is 2.31. The van der Waals surface area contributed by atoms with Crippen molar-refractivity contribution in [3.05, 3.63) is 97.1 Å². The van der Waals surface area contributed by atoms with Gasteiger partial charge in [0.15, 0.2) is 11.5 Å². The smallest absolute Gasteiger partial charge is 0.336 e. The minimum atomic E-state index is -0.521. The second-order valence-corrected chi connectivity index (χ2v) is 7.65. The Labute approximate surface area is 187 Å². The van der Waals surface area contributed by atoms with Gasteiger partial charge in [-0.1, -0.05) is 47.5 Å². The van der Waals surface area contributed by atoms with Crippen LogP contribution in [0.3, 0.4) is 0 Å². The summed E-state index contributed by atoms with van der Waals surface area (Å²) in [5.41, 5.74) is 0.502. The lowest BCUT2D eigenvalue weighted by atomic mass is 10.1. The van der Waals surface area contributed by atoms with Gasteiger partial charge in [-0.2, -0.15) is 0 Å². The van der Waals surface area contributed by atoms with Crippen molar-refractivity contribution in [3.63, 3.8) is 0 Å². The summed E-state index contributed by atoms with van der Waals surface area (Å²) in [4.78, 5) is 26.9. The Bertz CT molecular complexity index is 1410. The molecule has 31 heavy (non-hydrogen) atoms. The third-order valence-electron chi connectivity index (χ3n) is 5.00. The van der Waals surface area contributed by atoms with Gasteiger partial charge in [0.05, 0.1) is 37.4 Å². The summed E-state index contributed by atoms with van der Waals surface area (Å²) >= 11 is 12.5. The maximum atomic E-state index is 13.6. The molecule has 0 aliphatic heterocycles. The normalized spacial score (nSPS) is 11.0. The molecule has 0 saturated carbocycles. The standard InChI is InChI=1S/C23H18Cl2N2O4/c1-30-20-11-17-19(12-21(20)31-2)26(13-14-6-3-4-9-18(14)25)23(29)27(22(17)28)16-8-5-7-15(24)10-16/h3-12H,13H2,1-2H3. The molecule has 4 aromatic rings. The van der Waals surface area contributed by atoms with E-state index in [2.05, 4.69) is 0 Å². The van der Waals surface area contributed by atoms with Gasteiger partial charge in [0.2, 0.25) is 0 Å². The number of rotatable bonds is 5. The third-order valence-corrected chi connectivity index (χ3v) is 5.60. The Kier molecular flexibility index (Phi) is 5.76. The van der Waals surface area contributed by atoms with E-state index in [0.29, 0.717) is 38.1 Å². The van der Waals surface area contributed by atoms with Crippen molar-refractivity contribution in [2.45, 2.75) is 6.54 Å². The van der Waals surface area contributed by atoms with Crippen molar-refractivity contribution in [2.75, 3.05) is 14.2 Å². The number of halogens is 2. The second-order valence-electron chi connectivity index (χ2n) is 6.80. The van der Waals surface area contributed by atoms with Crippen LogP contribution in [0.1, 0.15) is 5.56 Å². The topological polar surface area (TPSA) is 62.5 Å². The average molecular weight is 457 g/mol. The van der Waals surface area contributed by atoms with Crippen LogP contribution in [0.2, 0.25) is 10.0 Å². The van der Waals surface area contributed by atoms with E-state index >= 15 is 0 Å². The molecule has 0 amide bonds. The molecule has 0 aliphatic carbocycles. The van der Waals surface area contributed by atoms with Gasteiger partial charge in [-0.05, 0) is 35.9 Å². The van der Waals surface area contributed by atoms with Crippen molar-refractivity contribution in [3.8, 4) is 17.2 Å². The number of ether oxygens (including phenoxy) is 2. The molecule has 8 heteroatoms. The van der Waals surface area contributed by atoms with E-state index in [1.165, 1.54) is 18.8 Å². The first kappa shape index (κ1) is 21.0. The number of fused-ring (bicyclic) bond motifs is 1. The number of nitrogens with zero attached hydrogens (tertiary/aromatic N) is 2. The van der Waals surface area contributed by atoms with Crippen molar-refractivity contribution in [1.82, 2.24) is 9.13 Å². The molecule has 0 fully saturated rings. The summed E-state index contributed by atoms with van der Waals surface area (Å²) in [5, 5.41) is 1.22. The van der Waals surface area contributed by atoms with Crippen molar-refractivity contribution >= 4 is 34.1 Å². The first-order valence-corrected chi connectivity index (χ1v) is 10.1. The summed E-state index contributed by atoms with van der Waals surface area (Å²) in [6, 6.07) is 17.0. The van der Waals surface area contributed by atoms with E-state index in [-0.39, 0.29) is 6.54 Å². The summed E-state index contributed by atoms with van der Waals surface area (Å²) in [5.74, 6) is 0.787. The van der Waals surface area contributed by atoms with Gasteiger partial charge in [-0.3, -0.25) is 9.36 Å². The predicted molar refractivity (Wildman–Crippen MR) is 122 cm³/mol. The molecule has 0 radical (unpaired) electrons. The van der Waals surface area contributed by atoms with E-state index in [0.717, 1.165) is 10.1 Å². The van der Waals surface area contributed by atoms with E-state index in [1.807, 2.05) is 18.2 Å². The molecule has 3 aromatic carbocycles. The largest absolute Gasteiger partial charge is 0.493 e. The first-order valence-electron chi connectivity index (χ1n) is 9.35. The van der Waals surface area contributed by atoms with Gasteiger partial charge >= 0.3 is 5.69 Å². The number of aromatic nitrogens is 2. The molecular formula is C23H18Cl2N2O4. The molecular weight excluding hydrogens is 439 g/mol. The second kappa shape index (κ2) is 8.49. The minimum absolute atomic E-state index is 0.158. The zero-order valence-electron chi connectivity index (χ0n) is 16.8. The van der Waals surface area contributed by atoms with Gasteiger partial charge < -0.3 is 9.47 Å². The third kappa shape index (κ3) is 3.80. The highest BCUT2D eigenvalue weighted by molar-refractivity contribution is 6.31. The highest BCUT2D eigenvalue weighted by Gasteiger charge is 2.19. The highest BCUT2D eigenvalue weighted by atomic mass is 35.5. The summed E-state index contributed by atoms with van der Waals surface area (Å²) < 4.78 is 13.3. The lowest BCUT2D eigenvalue weighted by Crippen LogP contribution is -2.39. The van der Waals surface area contributed by atoms with E-state index in [1.54, 1.807) is 42.5 Å². The fraction of sp³-hybridized carbons (Fsp3) is 0.130. The quantitative estimate of drug-likeness (QED) is 0.442. The molecule has 1 heterocycles. The van der Waals surface area contributed by atoms with Crippen LogP contribution in [0.25, 0.3) is 16.6 Å². The van der Waals surface area contributed by atoms with Crippen molar-refractivity contribution in [2.24, 2.45) is 0 Å². The maximum Gasteiger partial charge on any atom is 0.336 e. The van der Waals surface area contributed by atoms with Crippen LogP contribution in [0, 0.1) is 0 Å². The van der Waals surface area contributed by atoms with Crippen LogP contribution in [-0.2, 0) is 6.54 Å². The zero-order chi connectivity index (χ0) is 22.1. The molecule has 158 valence electrons. The molecule has 0 unspecified atom stereocenters. The maximum absolute atomic E-state index is 13.6. The summed E-state index contributed by atoms with van der Waals surface area (Å²) in [6.07, 6.45) is 0. The molecule has 1 aromatic heterocycles. The van der Waals surface area contributed by atoms with Gasteiger partial charge in [0.25, 0.3) is 5.56 Å². The molecule has 4 rings (SSSR count). The molecule has 0 N–H and O–H groups in total. The van der Waals surface area contributed by atoms with E-state index < -0.39 is 11.2 Å². The zero-order valence-corrected chi connectivity index (χ0v) is 18.3. The Morgan fingerprint density at radius 2 is 1.58 bits per heavy atom. The average Bonchev–Trinajstić information content (AvgIpc) is 2.77. The van der Waals surface area contributed by atoms with Gasteiger partial charge in [0, 0.05) is 16.1 Å². The van der Waals surface area contributed by atoms with Gasteiger partial charge in [-0.25, -0.2) is 9.36 Å². The van der Waals surface area contributed by atoms with E-state index in [4.69, 9.17) is 32.7 Å². The molecule has 0 atom stereocenters. The van der Waals surface area contributed by atoms with Crippen LogP contribution in [-0.4, -0.2) is 23.4 Å². The van der Waals surface area contributed by atoms with Gasteiger partial charge in [-0.15, -0.1) is 0 Å². The number of hydrogen-bond acceptors (Lipinski definition) is 4. The number of methoxy groups -OCH3 is 2. The molecule has 0 spiro atoms. The molecule has 0 saturated heterocycles.